The van der Waals surface area contributed by atoms with Gasteiger partial charge >= 0.3 is 17.9 Å². The summed E-state index contributed by atoms with van der Waals surface area (Å²) < 4.78 is 39.0. The van der Waals surface area contributed by atoms with Crippen molar-refractivity contribution in [2.75, 3.05) is 28.4 Å². The maximum absolute atomic E-state index is 13.5. The highest BCUT2D eigenvalue weighted by Crippen LogP contribution is 2.55. The number of carboxylic acid groups (broad SMARTS) is 1. The van der Waals surface area contributed by atoms with Crippen LogP contribution < -0.4 is 9.47 Å². The number of carboxylic acids is 1. The van der Waals surface area contributed by atoms with E-state index in [9.17, 15) is 34.8 Å². The van der Waals surface area contributed by atoms with Gasteiger partial charge in [-0.05, 0) is 37.1 Å². The summed E-state index contributed by atoms with van der Waals surface area (Å²) in [5, 5.41) is 45.7. The zero-order valence-electron chi connectivity index (χ0n) is 27.3. The Morgan fingerprint density at radius 2 is 1.52 bits per heavy atom. The number of aliphatic hydroxyl groups excluding tert-OH is 1. The number of carbonyl (C=O) groups is 3. The van der Waals surface area contributed by atoms with Crippen LogP contribution in [0.25, 0.3) is 28.0 Å². The molecule has 0 spiro atoms. The number of aliphatic carboxylic acids is 1. The summed E-state index contributed by atoms with van der Waals surface area (Å²) in [6.45, 7) is 4.04. The smallest absolute Gasteiger partial charge is 0.371 e. The fourth-order valence-corrected chi connectivity index (χ4v) is 6.39. The number of esters is 2. The number of phenols is 2. The van der Waals surface area contributed by atoms with E-state index in [1.807, 2.05) is 0 Å². The molecule has 256 valence electrons. The molecule has 5 rings (SSSR count). The number of phenolic OH excluding ortho intramolecular Hbond substituents is 2. The van der Waals surface area contributed by atoms with Crippen LogP contribution in [0.15, 0.2) is 17.9 Å². The summed E-state index contributed by atoms with van der Waals surface area (Å²) in [4.78, 5) is 38.4. The molecule has 48 heavy (non-hydrogen) atoms. The molecule has 14 heteroatoms. The molecule has 0 aromatic heterocycles. The quantitative estimate of drug-likeness (QED) is 0.151. The lowest BCUT2D eigenvalue weighted by Gasteiger charge is -2.37. The maximum atomic E-state index is 13.5. The molecular formula is C34H36O14. The second kappa shape index (κ2) is 13.2. The first-order chi connectivity index (χ1) is 22.8. The highest BCUT2D eigenvalue weighted by Gasteiger charge is 2.42. The van der Waals surface area contributed by atoms with Gasteiger partial charge in [-0.15, -0.1) is 0 Å². The van der Waals surface area contributed by atoms with Crippen LogP contribution in [0.5, 0.6) is 23.0 Å². The number of rotatable bonds is 8. The van der Waals surface area contributed by atoms with Gasteiger partial charge in [-0.25, -0.2) is 9.59 Å². The maximum Gasteiger partial charge on any atom is 0.371 e. The Morgan fingerprint density at radius 1 is 0.875 bits per heavy atom. The lowest BCUT2D eigenvalue weighted by molar-refractivity contribution is -0.157. The first kappa shape index (κ1) is 34.3. The Labute approximate surface area is 274 Å². The van der Waals surface area contributed by atoms with Crippen molar-refractivity contribution in [1.29, 1.82) is 0 Å². The fraction of sp³-hybridized carbons (Fsp3) is 0.382. The van der Waals surface area contributed by atoms with Crippen molar-refractivity contribution in [3.8, 4) is 34.1 Å². The zero-order chi connectivity index (χ0) is 35.2. The van der Waals surface area contributed by atoms with Gasteiger partial charge in [-0.1, -0.05) is 0 Å². The molecular weight excluding hydrogens is 632 g/mol. The highest BCUT2D eigenvalue weighted by molar-refractivity contribution is 6.11. The van der Waals surface area contributed by atoms with Crippen molar-refractivity contribution in [3.05, 3.63) is 51.3 Å². The molecule has 0 bridgehead atoms. The lowest BCUT2D eigenvalue weighted by Crippen LogP contribution is -2.31. The molecule has 2 heterocycles. The summed E-state index contributed by atoms with van der Waals surface area (Å²) in [6.07, 6.45) is -3.18. The Balaban J connectivity index is 2.19. The van der Waals surface area contributed by atoms with Crippen LogP contribution >= 0.6 is 0 Å². The molecule has 0 aliphatic carbocycles. The molecule has 2 aliphatic rings. The van der Waals surface area contributed by atoms with Crippen LogP contribution in [0.4, 0.5) is 0 Å². The molecule has 4 N–H and O–H groups in total. The first-order valence-electron chi connectivity index (χ1n) is 14.8. The molecule has 0 fully saturated rings. The van der Waals surface area contributed by atoms with Gasteiger partial charge in [0.15, 0.2) is 6.10 Å². The first-order valence-corrected chi connectivity index (χ1v) is 14.8. The number of aliphatic hydroxyl groups is 1. The third kappa shape index (κ3) is 5.51. The number of hydrogen-bond acceptors (Lipinski definition) is 13. The molecule has 4 atom stereocenters. The van der Waals surface area contributed by atoms with Gasteiger partial charge in [0.25, 0.3) is 0 Å². The van der Waals surface area contributed by atoms with E-state index in [1.165, 1.54) is 21.1 Å². The van der Waals surface area contributed by atoms with Crippen LogP contribution in [0.3, 0.4) is 0 Å². The Hall–Kier alpha value is -5.05. The van der Waals surface area contributed by atoms with Crippen LogP contribution in [0, 0.1) is 0 Å². The predicted molar refractivity (Wildman–Crippen MR) is 168 cm³/mol. The largest absolute Gasteiger partial charge is 0.507 e. The topological polar surface area (TPSA) is 197 Å². The summed E-state index contributed by atoms with van der Waals surface area (Å²) in [5.41, 5.74) is 0.124. The molecule has 2 aliphatic heterocycles. The van der Waals surface area contributed by atoms with Gasteiger partial charge in [0.2, 0.25) is 5.76 Å². The van der Waals surface area contributed by atoms with Gasteiger partial charge in [-0.3, -0.25) is 4.79 Å². The van der Waals surface area contributed by atoms with E-state index in [-0.39, 0.29) is 80.2 Å². The monoisotopic (exact) mass is 668 g/mol. The Bertz CT molecular complexity index is 1860. The Morgan fingerprint density at radius 3 is 2.08 bits per heavy atom. The number of carbonyl (C=O) groups excluding carboxylic acids is 2. The predicted octanol–water partition coefficient (Wildman–Crippen LogP) is 4.27. The van der Waals surface area contributed by atoms with Crippen molar-refractivity contribution in [3.63, 3.8) is 0 Å². The minimum atomic E-state index is -1.51. The van der Waals surface area contributed by atoms with Gasteiger partial charge in [0, 0.05) is 46.2 Å². The van der Waals surface area contributed by atoms with E-state index in [4.69, 9.17) is 33.2 Å². The van der Waals surface area contributed by atoms with E-state index in [2.05, 4.69) is 0 Å². The van der Waals surface area contributed by atoms with Gasteiger partial charge < -0.3 is 53.6 Å². The van der Waals surface area contributed by atoms with Gasteiger partial charge in [0.1, 0.15) is 34.7 Å². The van der Waals surface area contributed by atoms with Crippen molar-refractivity contribution >= 4 is 34.8 Å². The molecule has 0 saturated carbocycles. The molecule has 0 amide bonds. The van der Waals surface area contributed by atoms with Crippen molar-refractivity contribution in [1.82, 2.24) is 0 Å². The summed E-state index contributed by atoms with van der Waals surface area (Å²) in [7, 11) is 5.01. The third-order valence-corrected chi connectivity index (χ3v) is 8.64. The molecule has 14 nitrogen and oxygen atoms in total. The highest BCUT2D eigenvalue weighted by atomic mass is 16.6. The normalized spacial score (nSPS) is 20.4. The molecule has 3 aromatic carbocycles. The van der Waals surface area contributed by atoms with Crippen LogP contribution in [0.2, 0.25) is 0 Å². The zero-order valence-corrected chi connectivity index (χ0v) is 27.3. The van der Waals surface area contributed by atoms with Crippen LogP contribution in [-0.4, -0.2) is 79.0 Å². The van der Waals surface area contributed by atoms with E-state index in [0.717, 1.165) is 20.3 Å². The second-order valence-corrected chi connectivity index (χ2v) is 11.3. The number of methoxy groups -OCH3 is 4. The van der Waals surface area contributed by atoms with Crippen LogP contribution in [-0.2, 0) is 46.5 Å². The average molecular weight is 669 g/mol. The van der Waals surface area contributed by atoms with Crippen LogP contribution in [0.1, 0.15) is 71.2 Å². The molecule has 3 aromatic rings. The number of ether oxygens (including phenoxy) is 7. The fourth-order valence-electron chi connectivity index (χ4n) is 6.39. The van der Waals surface area contributed by atoms with E-state index >= 15 is 0 Å². The third-order valence-electron chi connectivity index (χ3n) is 8.64. The standard InChI is InChI=1S/C34H36O14/c1-13-29(36)26-19(11-46-13)30(37)23-17(8-16(42-4)9-21(23)43-5)24(26)25-18(10-22(44-6)33(39)40)28(34(41)45-7)31(38)20-12-47-14(2)32(27(20)25)48-15(3)35/h8-10,13-14,29,32,36-38H,11-12H2,1-7H3,(H,39,40)/b22-10-/t13-,14+,29+,32-/m1/s1. The minimum Gasteiger partial charge on any atom is -0.507 e. The number of benzene rings is 3. The lowest BCUT2D eigenvalue weighted by atomic mass is 9.76. The summed E-state index contributed by atoms with van der Waals surface area (Å²) >= 11 is 0. The summed E-state index contributed by atoms with van der Waals surface area (Å²) in [5.74, 6) is -4.30. The van der Waals surface area contributed by atoms with Crippen molar-refractivity contribution in [2.45, 2.75) is 58.4 Å². The number of aromatic hydroxyl groups is 2. The second-order valence-electron chi connectivity index (χ2n) is 11.3. The number of hydrogen-bond donors (Lipinski definition) is 4. The minimum absolute atomic E-state index is 0.0422. The van der Waals surface area contributed by atoms with Crippen molar-refractivity contribution < 1.29 is 68.0 Å². The van der Waals surface area contributed by atoms with E-state index in [1.54, 1.807) is 26.0 Å². The average Bonchev–Trinajstić information content (AvgIpc) is 3.06. The van der Waals surface area contributed by atoms with E-state index < -0.39 is 59.4 Å². The molecule has 0 radical (unpaired) electrons. The van der Waals surface area contributed by atoms with E-state index in [0.29, 0.717) is 0 Å². The van der Waals surface area contributed by atoms with Gasteiger partial charge in [0.05, 0.1) is 59.2 Å². The van der Waals surface area contributed by atoms with Gasteiger partial charge in [-0.2, -0.15) is 0 Å². The molecule has 0 saturated heterocycles. The Kier molecular flexibility index (Phi) is 9.44. The molecule has 0 unspecified atom stereocenters. The van der Waals surface area contributed by atoms with Crippen molar-refractivity contribution in [2.24, 2.45) is 0 Å². The summed E-state index contributed by atoms with van der Waals surface area (Å²) in [6, 6.07) is 3.11. The SMILES string of the molecule is COC(=O)c1c(O)c2c(c(-c3c4c(c(O)c5c(OC)cc(OC)cc35)CO[C@H](C)[C@@H]4O)c1/C=C(\OC)C(=O)O)[C@H](OC(C)=O)[C@H](C)OC2. The number of fused-ring (bicyclic) bond motifs is 3.